The lowest BCUT2D eigenvalue weighted by atomic mass is 10.2. The molecular weight excluding hydrogens is 331 g/mol. The molecule has 23 heavy (non-hydrogen) atoms. The summed E-state index contributed by atoms with van der Waals surface area (Å²) in [6.07, 6.45) is -2.57. The molecule has 2 rings (SSSR count). The number of carbonyl (C=O) groups is 2. The zero-order chi connectivity index (χ0) is 17.2. The Bertz CT molecular complexity index is 768. The van der Waals surface area contributed by atoms with Crippen LogP contribution in [0.2, 0.25) is 0 Å². The maximum absolute atomic E-state index is 12.9. The minimum Gasteiger partial charge on any atom is -0.373 e. The third-order valence-corrected chi connectivity index (χ3v) is 3.77. The Morgan fingerprint density at radius 1 is 1.30 bits per heavy atom. The van der Waals surface area contributed by atoms with Crippen LogP contribution in [0.5, 0.6) is 0 Å². The molecule has 0 N–H and O–H groups in total. The average Bonchev–Trinajstić information content (AvgIpc) is 2.91. The standard InChI is InChI=1S/C14H12F3N3O2S/c1-19(2)12(14(15,16)17)6-13(22)20(8-21)10-3-4-11-9(5-10)7-18-23-11/h3-8H,1-2H3/b12-6-. The van der Waals surface area contributed by atoms with Crippen LogP contribution in [-0.2, 0) is 9.59 Å². The number of benzene rings is 1. The van der Waals surface area contributed by atoms with Crippen LogP contribution in [0, 0.1) is 0 Å². The number of aromatic nitrogens is 1. The molecule has 0 saturated heterocycles. The van der Waals surface area contributed by atoms with Crippen LogP contribution in [0.1, 0.15) is 0 Å². The number of fused-ring (bicyclic) bond motifs is 1. The smallest absolute Gasteiger partial charge is 0.373 e. The van der Waals surface area contributed by atoms with Gasteiger partial charge in [-0.3, -0.25) is 9.59 Å². The number of hydrogen-bond donors (Lipinski definition) is 0. The molecule has 0 aliphatic rings. The predicted octanol–water partition coefficient (Wildman–Crippen LogP) is 2.79. The minimum atomic E-state index is -4.70. The fourth-order valence-corrected chi connectivity index (χ4v) is 2.53. The highest BCUT2D eigenvalue weighted by atomic mass is 32.1. The van der Waals surface area contributed by atoms with Crippen molar-refractivity contribution in [2.75, 3.05) is 19.0 Å². The normalized spacial score (nSPS) is 12.3. The summed E-state index contributed by atoms with van der Waals surface area (Å²) in [6.45, 7) is 0. The molecule has 0 radical (unpaired) electrons. The second-order valence-electron chi connectivity index (χ2n) is 4.78. The molecule has 0 aliphatic carbocycles. The third-order valence-electron chi connectivity index (χ3n) is 2.99. The number of anilines is 1. The minimum absolute atomic E-state index is 0.175. The first-order valence-electron chi connectivity index (χ1n) is 6.33. The van der Waals surface area contributed by atoms with Gasteiger partial charge < -0.3 is 4.90 Å². The number of halogens is 3. The first kappa shape index (κ1) is 16.9. The van der Waals surface area contributed by atoms with Gasteiger partial charge >= 0.3 is 6.18 Å². The van der Waals surface area contributed by atoms with Crippen molar-refractivity contribution >= 4 is 39.6 Å². The molecular formula is C14H12F3N3O2S. The zero-order valence-electron chi connectivity index (χ0n) is 12.2. The van der Waals surface area contributed by atoms with Gasteiger partial charge in [0.05, 0.1) is 10.4 Å². The van der Waals surface area contributed by atoms with Gasteiger partial charge in [0.25, 0.3) is 5.91 Å². The van der Waals surface area contributed by atoms with E-state index in [1.54, 1.807) is 12.3 Å². The summed E-state index contributed by atoms with van der Waals surface area (Å²) in [5.74, 6) is -1.08. The summed E-state index contributed by atoms with van der Waals surface area (Å²) in [5, 5.41) is 0.694. The van der Waals surface area contributed by atoms with Crippen LogP contribution in [0.15, 0.2) is 36.2 Å². The van der Waals surface area contributed by atoms with Crippen LogP contribution in [0.4, 0.5) is 18.9 Å². The molecule has 1 aromatic carbocycles. The number of imide groups is 1. The monoisotopic (exact) mass is 343 g/mol. The lowest BCUT2D eigenvalue weighted by molar-refractivity contribution is -0.121. The van der Waals surface area contributed by atoms with Gasteiger partial charge in [0.2, 0.25) is 6.41 Å². The fourth-order valence-electron chi connectivity index (χ4n) is 1.90. The number of amides is 2. The summed E-state index contributed by atoms with van der Waals surface area (Å²) in [7, 11) is 2.34. The maximum Gasteiger partial charge on any atom is 0.431 e. The van der Waals surface area contributed by atoms with Crippen molar-refractivity contribution in [1.29, 1.82) is 0 Å². The van der Waals surface area contributed by atoms with Crippen molar-refractivity contribution in [1.82, 2.24) is 9.27 Å². The van der Waals surface area contributed by atoms with Crippen molar-refractivity contribution in [2.45, 2.75) is 6.18 Å². The average molecular weight is 343 g/mol. The van der Waals surface area contributed by atoms with Crippen molar-refractivity contribution in [3.63, 3.8) is 0 Å². The van der Waals surface area contributed by atoms with Crippen molar-refractivity contribution in [3.05, 3.63) is 36.2 Å². The first-order valence-corrected chi connectivity index (χ1v) is 7.10. The topological polar surface area (TPSA) is 53.5 Å². The van der Waals surface area contributed by atoms with E-state index in [0.717, 1.165) is 9.60 Å². The summed E-state index contributed by atoms with van der Waals surface area (Å²) >= 11 is 1.23. The lowest BCUT2D eigenvalue weighted by Gasteiger charge is -2.21. The summed E-state index contributed by atoms with van der Waals surface area (Å²) in [6, 6.07) is 4.64. The highest BCUT2D eigenvalue weighted by Crippen LogP contribution is 2.28. The van der Waals surface area contributed by atoms with Crippen LogP contribution in [0.3, 0.4) is 0 Å². The van der Waals surface area contributed by atoms with E-state index in [9.17, 15) is 22.8 Å². The van der Waals surface area contributed by atoms with Gasteiger partial charge in [-0.15, -0.1) is 0 Å². The Balaban J connectivity index is 2.39. The second-order valence-corrected chi connectivity index (χ2v) is 5.62. The van der Waals surface area contributed by atoms with Gasteiger partial charge in [0.15, 0.2) is 0 Å². The molecule has 0 bridgehead atoms. The molecule has 0 aliphatic heterocycles. The largest absolute Gasteiger partial charge is 0.431 e. The molecule has 5 nitrogen and oxygen atoms in total. The van der Waals surface area contributed by atoms with E-state index in [1.165, 1.54) is 37.8 Å². The Morgan fingerprint density at radius 3 is 2.57 bits per heavy atom. The van der Waals surface area contributed by atoms with Crippen LogP contribution >= 0.6 is 11.5 Å². The van der Waals surface area contributed by atoms with Gasteiger partial charge in [0, 0.05) is 31.8 Å². The maximum atomic E-state index is 12.9. The SMILES string of the molecule is CN(C)/C(=C\C(=O)N(C=O)c1ccc2sncc2c1)C(F)(F)F. The van der Waals surface area contributed by atoms with Crippen molar-refractivity contribution in [3.8, 4) is 0 Å². The molecule has 9 heteroatoms. The highest BCUT2D eigenvalue weighted by molar-refractivity contribution is 7.13. The number of alkyl halides is 3. The Hall–Kier alpha value is -2.42. The van der Waals surface area contributed by atoms with Gasteiger partial charge in [-0.1, -0.05) is 0 Å². The molecule has 1 aromatic heterocycles. The van der Waals surface area contributed by atoms with E-state index in [-0.39, 0.29) is 12.1 Å². The van der Waals surface area contributed by atoms with E-state index in [0.29, 0.717) is 16.4 Å². The molecule has 0 unspecified atom stereocenters. The second kappa shape index (κ2) is 6.37. The quantitative estimate of drug-likeness (QED) is 0.633. The van der Waals surface area contributed by atoms with Crippen molar-refractivity contribution < 1.29 is 22.8 Å². The number of rotatable bonds is 4. The summed E-state index contributed by atoms with van der Waals surface area (Å²) in [4.78, 5) is 24.7. The van der Waals surface area contributed by atoms with E-state index < -0.39 is 17.8 Å². The molecule has 0 saturated carbocycles. The van der Waals surface area contributed by atoms with Gasteiger partial charge in [-0.25, -0.2) is 4.90 Å². The number of allylic oxidation sites excluding steroid dienone is 1. The third kappa shape index (κ3) is 3.67. The molecule has 2 amide bonds. The zero-order valence-corrected chi connectivity index (χ0v) is 13.0. The Morgan fingerprint density at radius 2 is 2.00 bits per heavy atom. The van der Waals surface area contributed by atoms with Crippen LogP contribution < -0.4 is 4.90 Å². The van der Waals surface area contributed by atoms with E-state index in [2.05, 4.69) is 4.37 Å². The lowest BCUT2D eigenvalue weighted by Crippen LogP contribution is -2.32. The number of hydrogen-bond acceptors (Lipinski definition) is 5. The summed E-state index contributed by atoms with van der Waals surface area (Å²) < 4.78 is 43.5. The Kier molecular flexibility index (Phi) is 4.69. The van der Waals surface area contributed by atoms with Crippen molar-refractivity contribution in [2.24, 2.45) is 0 Å². The molecule has 0 fully saturated rings. The molecule has 0 spiro atoms. The summed E-state index contributed by atoms with van der Waals surface area (Å²) in [5.41, 5.74) is -0.971. The molecule has 2 aromatic rings. The molecule has 1 heterocycles. The van der Waals surface area contributed by atoms with E-state index in [1.807, 2.05) is 0 Å². The molecule has 122 valence electrons. The van der Waals surface area contributed by atoms with Gasteiger partial charge in [-0.2, -0.15) is 17.5 Å². The number of nitrogens with zero attached hydrogens (tertiary/aromatic N) is 3. The van der Waals surface area contributed by atoms with E-state index in [4.69, 9.17) is 0 Å². The van der Waals surface area contributed by atoms with Gasteiger partial charge in [0.1, 0.15) is 5.70 Å². The fraction of sp³-hybridized carbons (Fsp3) is 0.214. The first-order chi connectivity index (χ1) is 10.7. The van der Waals surface area contributed by atoms with E-state index >= 15 is 0 Å². The predicted molar refractivity (Wildman–Crippen MR) is 81.0 cm³/mol. The molecule has 0 atom stereocenters. The van der Waals surface area contributed by atoms with Crippen LogP contribution in [-0.4, -0.2) is 41.9 Å². The highest BCUT2D eigenvalue weighted by Gasteiger charge is 2.36. The van der Waals surface area contributed by atoms with Crippen LogP contribution in [0.25, 0.3) is 10.1 Å². The number of carbonyl (C=O) groups excluding carboxylic acids is 2. The van der Waals surface area contributed by atoms with Gasteiger partial charge in [-0.05, 0) is 29.7 Å². The Labute approximate surface area is 133 Å².